The molecule has 0 heterocycles. The number of alkyl carbamates (subject to hydrolysis) is 1. The summed E-state index contributed by atoms with van der Waals surface area (Å²) in [4.78, 5) is 28.7. The number of hydrogen-bond donors (Lipinski definition) is 3. The van der Waals surface area contributed by atoms with Gasteiger partial charge < -0.3 is 26.3 Å². The van der Waals surface area contributed by atoms with Crippen LogP contribution >= 0.6 is 0 Å². The van der Waals surface area contributed by atoms with Crippen molar-refractivity contribution in [2.75, 3.05) is 19.8 Å². The highest BCUT2D eigenvalue weighted by atomic mass is 16.6. The van der Waals surface area contributed by atoms with Crippen molar-refractivity contribution in [3.8, 4) is 11.1 Å². The largest absolute Gasteiger partial charge is 0.460 e. The predicted octanol–water partition coefficient (Wildman–Crippen LogP) is 2.68. The summed E-state index contributed by atoms with van der Waals surface area (Å²) >= 11 is 0. The molecule has 0 fully saturated rings. The molecule has 5 N–H and O–H groups in total. The number of hydrogen-bond acceptors (Lipinski definition) is 5. The first-order valence-corrected chi connectivity index (χ1v) is 10.5. The minimum absolute atomic E-state index is 0.0275. The van der Waals surface area contributed by atoms with E-state index in [2.05, 4.69) is 29.0 Å². The Balaban J connectivity index is 1.62. The number of nitrogens with one attached hydrogen (secondary N) is 1. The number of guanidine groups is 1. The van der Waals surface area contributed by atoms with E-state index in [1.807, 2.05) is 36.4 Å². The molecule has 0 aliphatic heterocycles. The van der Waals surface area contributed by atoms with Gasteiger partial charge in [0.25, 0.3) is 0 Å². The van der Waals surface area contributed by atoms with Crippen molar-refractivity contribution in [3.63, 3.8) is 0 Å². The molecule has 0 bridgehead atoms. The van der Waals surface area contributed by atoms with Crippen molar-refractivity contribution in [1.82, 2.24) is 5.32 Å². The first-order valence-electron chi connectivity index (χ1n) is 10.5. The third kappa shape index (κ3) is 5.66. The molecule has 2 aromatic carbocycles. The molecular formula is C24H28N4O4. The minimum atomic E-state index is -0.875. The smallest absolute Gasteiger partial charge is 0.407 e. The van der Waals surface area contributed by atoms with E-state index in [4.69, 9.17) is 20.9 Å². The lowest BCUT2D eigenvalue weighted by molar-refractivity contribution is -0.145. The summed E-state index contributed by atoms with van der Waals surface area (Å²) in [5.41, 5.74) is 15.1. The summed E-state index contributed by atoms with van der Waals surface area (Å²) in [5.74, 6) is -0.662. The number of amides is 1. The number of esters is 1. The zero-order chi connectivity index (χ0) is 22.9. The van der Waals surface area contributed by atoms with Crippen LogP contribution in [0, 0.1) is 0 Å². The van der Waals surface area contributed by atoms with Crippen LogP contribution in [0.15, 0.2) is 66.2 Å². The Morgan fingerprint density at radius 1 is 1.06 bits per heavy atom. The lowest BCUT2D eigenvalue weighted by atomic mass is 9.98. The standard InChI is InChI=1S/C24H28N4O4/c1-2-14-31-22(29)21(12-7-13-27-23(25)26)28-24(30)32-15-20-18-10-5-3-8-16(18)17-9-4-6-11-19(17)20/h2-6,8-11,20-21H,1,7,12-15H2,(H,28,30)(H4,25,26,27)/t21-/m0/s1. The number of carbonyl (C=O) groups excluding carboxylic acids is 2. The molecule has 0 aromatic heterocycles. The lowest BCUT2D eigenvalue weighted by Crippen LogP contribution is -2.42. The molecule has 1 aliphatic rings. The maximum Gasteiger partial charge on any atom is 0.407 e. The Labute approximate surface area is 187 Å². The van der Waals surface area contributed by atoms with Crippen molar-refractivity contribution in [2.24, 2.45) is 16.5 Å². The van der Waals surface area contributed by atoms with Crippen LogP contribution in [0.4, 0.5) is 4.79 Å². The second-order valence-electron chi connectivity index (χ2n) is 7.39. The van der Waals surface area contributed by atoms with E-state index >= 15 is 0 Å². The second-order valence-corrected chi connectivity index (χ2v) is 7.39. The molecule has 8 heteroatoms. The number of ether oxygens (including phenoxy) is 2. The number of nitrogens with zero attached hydrogens (tertiary/aromatic N) is 1. The van der Waals surface area contributed by atoms with Gasteiger partial charge in [0, 0.05) is 12.5 Å². The van der Waals surface area contributed by atoms with E-state index in [9.17, 15) is 9.59 Å². The van der Waals surface area contributed by atoms with Crippen LogP contribution in [0.2, 0.25) is 0 Å². The Morgan fingerprint density at radius 3 is 2.28 bits per heavy atom. The lowest BCUT2D eigenvalue weighted by Gasteiger charge is -2.19. The summed E-state index contributed by atoms with van der Waals surface area (Å²) in [5, 5.41) is 2.60. The van der Waals surface area contributed by atoms with Gasteiger partial charge in [0.1, 0.15) is 19.3 Å². The van der Waals surface area contributed by atoms with E-state index in [-0.39, 0.29) is 25.1 Å². The van der Waals surface area contributed by atoms with Gasteiger partial charge in [-0.2, -0.15) is 0 Å². The van der Waals surface area contributed by atoms with Crippen molar-refractivity contribution in [1.29, 1.82) is 0 Å². The van der Waals surface area contributed by atoms with Crippen molar-refractivity contribution in [2.45, 2.75) is 24.8 Å². The van der Waals surface area contributed by atoms with E-state index in [0.717, 1.165) is 22.3 Å². The molecule has 0 saturated heterocycles. The van der Waals surface area contributed by atoms with Gasteiger partial charge >= 0.3 is 12.1 Å². The zero-order valence-electron chi connectivity index (χ0n) is 17.8. The quantitative estimate of drug-likeness (QED) is 0.173. The number of benzene rings is 2. The molecule has 1 aliphatic carbocycles. The number of aliphatic imine (C=N–C) groups is 1. The van der Waals surface area contributed by atoms with Gasteiger partial charge in [0.2, 0.25) is 0 Å². The van der Waals surface area contributed by atoms with Crippen LogP contribution in [0.3, 0.4) is 0 Å². The Hall–Kier alpha value is -3.81. The minimum Gasteiger partial charge on any atom is -0.460 e. The van der Waals surface area contributed by atoms with Crippen LogP contribution in [-0.2, 0) is 14.3 Å². The molecule has 8 nitrogen and oxygen atoms in total. The highest BCUT2D eigenvalue weighted by Crippen LogP contribution is 2.44. The molecule has 0 unspecified atom stereocenters. The summed E-state index contributed by atoms with van der Waals surface area (Å²) in [7, 11) is 0. The third-order valence-corrected chi connectivity index (χ3v) is 5.21. The summed E-state index contributed by atoms with van der Waals surface area (Å²) < 4.78 is 10.6. The van der Waals surface area contributed by atoms with Gasteiger partial charge in [-0.3, -0.25) is 4.99 Å². The van der Waals surface area contributed by atoms with Crippen LogP contribution in [0.25, 0.3) is 11.1 Å². The van der Waals surface area contributed by atoms with E-state index < -0.39 is 18.1 Å². The van der Waals surface area contributed by atoms with Crippen molar-refractivity contribution in [3.05, 3.63) is 72.3 Å². The highest BCUT2D eigenvalue weighted by molar-refractivity contribution is 5.82. The average Bonchev–Trinajstić information content (AvgIpc) is 3.11. The van der Waals surface area contributed by atoms with E-state index in [0.29, 0.717) is 19.4 Å². The Morgan fingerprint density at radius 2 is 1.69 bits per heavy atom. The maximum absolute atomic E-state index is 12.5. The van der Waals surface area contributed by atoms with Crippen LogP contribution in [0.1, 0.15) is 29.9 Å². The molecule has 0 saturated carbocycles. The van der Waals surface area contributed by atoms with E-state index in [1.54, 1.807) is 0 Å². The first-order chi connectivity index (χ1) is 15.5. The van der Waals surface area contributed by atoms with Crippen LogP contribution < -0.4 is 16.8 Å². The first kappa shape index (κ1) is 22.9. The number of nitrogens with two attached hydrogens (primary N) is 2. The maximum atomic E-state index is 12.5. The number of carbonyl (C=O) groups is 2. The summed E-state index contributed by atoms with van der Waals surface area (Å²) in [6.45, 7) is 4.06. The molecule has 32 heavy (non-hydrogen) atoms. The fourth-order valence-electron chi connectivity index (χ4n) is 3.78. The third-order valence-electron chi connectivity index (χ3n) is 5.21. The van der Waals surface area contributed by atoms with Gasteiger partial charge in [-0.05, 0) is 35.1 Å². The average molecular weight is 437 g/mol. The fraction of sp³-hybridized carbons (Fsp3) is 0.292. The molecule has 0 radical (unpaired) electrons. The van der Waals surface area contributed by atoms with Crippen molar-refractivity contribution < 1.29 is 19.1 Å². The number of fused-ring (bicyclic) bond motifs is 3. The van der Waals surface area contributed by atoms with Gasteiger partial charge in [-0.1, -0.05) is 61.2 Å². The Bertz CT molecular complexity index is 955. The molecule has 0 spiro atoms. The zero-order valence-corrected chi connectivity index (χ0v) is 17.8. The fourth-order valence-corrected chi connectivity index (χ4v) is 3.78. The van der Waals surface area contributed by atoms with Crippen molar-refractivity contribution >= 4 is 18.0 Å². The molecule has 1 amide bonds. The molecule has 168 valence electrons. The number of rotatable bonds is 10. The van der Waals surface area contributed by atoms with E-state index in [1.165, 1.54) is 6.08 Å². The van der Waals surface area contributed by atoms with Crippen LogP contribution in [0.5, 0.6) is 0 Å². The Kier molecular flexibility index (Phi) is 7.85. The second kappa shape index (κ2) is 11.0. The van der Waals surface area contributed by atoms with Gasteiger partial charge in [0.15, 0.2) is 5.96 Å². The molecule has 2 aromatic rings. The normalized spacial score (nSPS) is 12.8. The predicted molar refractivity (Wildman–Crippen MR) is 123 cm³/mol. The summed E-state index contributed by atoms with van der Waals surface area (Å²) in [6, 6.07) is 15.3. The van der Waals surface area contributed by atoms with Gasteiger partial charge in [-0.15, -0.1) is 0 Å². The molecule has 3 rings (SSSR count). The monoisotopic (exact) mass is 436 g/mol. The van der Waals surface area contributed by atoms with Gasteiger partial charge in [0.05, 0.1) is 0 Å². The summed E-state index contributed by atoms with van der Waals surface area (Å²) in [6.07, 6.45) is 1.56. The SMILES string of the molecule is C=CCOC(=O)[C@H](CCCN=C(N)N)NC(=O)OCC1c2ccccc2-c2ccccc21. The molecular weight excluding hydrogens is 408 g/mol. The van der Waals surface area contributed by atoms with Gasteiger partial charge in [-0.25, -0.2) is 9.59 Å². The van der Waals surface area contributed by atoms with Crippen LogP contribution in [-0.4, -0.2) is 43.8 Å². The highest BCUT2D eigenvalue weighted by Gasteiger charge is 2.30. The molecule has 1 atom stereocenters. The topological polar surface area (TPSA) is 129 Å².